The number of amides is 1. The molecule has 1 N–H and O–H groups in total. The van der Waals surface area contributed by atoms with Gasteiger partial charge in [-0.15, -0.1) is 0 Å². The van der Waals surface area contributed by atoms with Crippen LogP contribution in [0, 0.1) is 13.8 Å². The van der Waals surface area contributed by atoms with Gasteiger partial charge < -0.3 is 19.5 Å². The molecule has 1 atom stereocenters. The van der Waals surface area contributed by atoms with E-state index in [4.69, 9.17) is 14.2 Å². The van der Waals surface area contributed by atoms with Gasteiger partial charge in [0.2, 0.25) is 0 Å². The third kappa shape index (κ3) is 5.69. The number of methoxy groups -OCH3 is 1. The lowest BCUT2D eigenvalue weighted by atomic mass is 10.1. The van der Waals surface area contributed by atoms with Crippen molar-refractivity contribution in [3.8, 4) is 17.2 Å². The first-order valence-corrected chi connectivity index (χ1v) is 8.82. The normalized spacial score (nSPS) is 11.5. The van der Waals surface area contributed by atoms with Crippen molar-refractivity contribution in [2.45, 2.75) is 33.3 Å². The van der Waals surface area contributed by atoms with Gasteiger partial charge in [0.25, 0.3) is 5.91 Å². The van der Waals surface area contributed by atoms with Crippen molar-refractivity contribution in [2.75, 3.05) is 20.3 Å². The number of hydrogen-bond donors (Lipinski definition) is 1. The van der Waals surface area contributed by atoms with Gasteiger partial charge in [0.15, 0.2) is 6.10 Å². The van der Waals surface area contributed by atoms with Crippen LogP contribution in [0.15, 0.2) is 42.5 Å². The summed E-state index contributed by atoms with van der Waals surface area (Å²) in [6, 6.07) is 13.2. The quantitative estimate of drug-likeness (QED) is 0.696. The summed E-state index contributed by atoms with van der Waals surface area (Å²) in [5, 5.41) is 2.86. The van der Waals surface area contributed by atoms with Gasteiger partial charge in [-0.1, -0.05) is 24.6 Å². The van der Waals surface area contributed by atoms with Crippen molar-refractivity contribution in [1.29, 1.82) is 0 Å². The molecular weight excluding hydrogens is 330 g/mol. The molecule has 0 aromatic heterocycles. The summed E-state index contributed by atoms with van der Waals surface area (Å²) in [4.78, 5) is 12.3. The second-order valence-electron chi connectivity index (χ2n) is 6.10. The van der Waals surface area contributed by atoms with Crippen LogP contribution < -0.4 is 19.5 Å². The Morgan fingerprint density at radius 1 is 1.08 bits per heavy atom. The van der Waals surface area contributed by atoms with E-state index in [1.54, 1.807) is 31.4 Å². The molecule has 2 aromatic rings. The molecule has 0 heterocycles. The molecule has 0 aliphatic carbocycles. The summed E-state index contributed by atoms with van der Waals surface area (Å²) in [6.07, 6.45) is 0.0417. The maximum absolute atomic E-state index is 12.3. The van der Waals surface area contributed by atoms with Gasteiger partial charge in [-0.3, -0.25) is 4.79 Å². The van der Waals surface area contributed by atoms with E-state index in [9.17, 15) is 4.79 Å². The Bertz CT molecular complexity index is 712. The summed E-state index contributed by atoms with van der Waals surface area (Å²) < 4.78 is 16.6. The van der Waals surface area contributed by atoms with Crippen molar-refractivity contribution >= 4 is 5.91 Å². The van der Waals surface area contributed by atoms with Crippen LogP contribution in [0.2, 0.25) is 0 Å². The third-order valence-electron chi connectivity index (χ3n) is 3.99. The first-order valence-electron chi connectivity index (χ1n) is 8.82. The minimum atomic E-state index is -0.537. The first-order chi connectivity index (χ1) is 12.5. The lowest BCUT2D eigenvalue weighted by Gasteiger charge is -2.18. The molecule has 0 fully saturated rings. The SMILES string of the molecule is CCC(Oc1ccc(OC)cc1)C(=O)NCCOc1ccc(C)cc1C. The Hall–Kier alpha value is -2.69. The third-order valence-corrected chi connectivity index (χ3v) is 3.99. The van der Waals surface area contributed by atoms with Crippen molar-refractivity contribution in [1.82, 2.24) is 5.32 Å². The standard InChI is InChI=1S/C21H27NO4/c1-5-19(26-18-9-7-17(24-4)8-10-18)21(23)22-12-13-25-20-11-6-15(2)14-16(20)3/h6-11,14,19H,5,12-13H2,1-4H3,(H,22,23). The van der Waals surface area contributed by atoms with E-state index in [1.807, 2.05) is 32.9 Å². The molecule has 1 amide bonds. The lowest BCUT2D eigenvalue weighted by molar-refractivity contribution is -0.128. The van der Waals surface area contributed by atoms with Crippen LogP contribution in [-0.2, 0) is 4.79 Å². The number of benzene rings is 2. The molecule has 0 radical (unpaired) electrons. The molecule has 26 heavy (non-hydrogen) atoms. The fourth-order valence-electron chi connectivity index (χ4n) is 2.55. The van der Waals surface area contributed by atoms with Gasteiger partial charge in [-0.05, 0) is 56.2 Å². The zero-order chi connectivity index (χ0) is 18.9. The van der Waals surface area contributed by atoms with E-state index < -0.39 is 6.10 Å². The van der Waals surface area contributed by atoms with E-state index in [2.05, 4.69) is 11.4 Å². The van der Waals surface area contributed by atoms with E-state index in [1.165, 1.54) is 5.56 Å². The van der Waals surface area contributed by atoms with E-state index in [0.717, 1.165) is 17.1 Å². The van der Waals surface area contributed by atoms with E-state index >= 15 is 0 Å². The molecule has 5 heteroatoms. The zero-order valence-electron chi connectivity index (χ0n) is 15.9. The van der Waals surface area contributed by atoms with Crippen LogP contribution in [0.5, 0.6) is 17.2 Å². The molecule has 5 nitrogen and oxygen atoms in total. The monoisotopic (exact) mass is 357 g/mol. The Morgan fingerprint density at radius 3 is 2.38 bits per heavy atom. The second-order valence-corrected chi connectivity index (χ2v) is 6.10. The number of hydrogen-bond acceptors (Lipinski definition) is 4. The Labute approximate surface area is 155 Å². The minimum Gasteiger partial charge on any atom is -0.497 e. The number of nitrogens with one attached hydrogen (secondary N) is 1. The summed E-state index contributed by atoms with van der Waals surface area (Å²) in [5.74, 6) is 2.08. The van der Waals surface area contributed by atoms with Crippen LogP contribution in [0.25, 0.3) is 0 Å². The number of rotatable bonds is 9. The summed E-state index contributed by atoms with van der Waals surface area (Å²) >= 11 is 0. The number of aryl methyl sites for hydroxylation is 2. The van der Waals surface area contributed by atoms with Crippen molar-refractivity contribution in [3.05, 3.63) is 53.6 Å². The highest BCUT2D eigenvalue weighted by molar-refractivity contribution is 5.81. The average Bonchev–Trinajstić information content (AvgIpc) is 2.65. The largest absolute Gasteiger partial charge is 0.497 e. The van der Waals surface area contributed by atoms with Crippen LogP contribution in [0.1, 0.15) is 24.5 Å². The number of carbonyl (C=O) groups excluding carboxylic acids is 1. The van der Waals surface area contributed by atoms with Gasteiger partial charge in [0.05, 0.1) is 13.7 Å². The molecule has 0 saturated carbocycles. The highest BCUT2D eigenvalue weighted by atomic mass is 16.5. The maximum Gasteiger partial charge on any atom is 0.261 e. The fraction of sp³-hybridized carbons (Fsp3) is 0.381. The molecule has 2 aromatic carbocycles. The number of ether oxygens (including phenoxy) is 3. The summed E-state index contributed by atoms with van der Waals surface area (Å²) in [5.41, 5.74) is 2.29. The molecule has 0 bridgehead atoms. The van der Waals surface area contributed by atoms with Gasteiger partial charge in [0, 0.05) is 0 Å². The molecular formula is C21H27NO4. The summed E-state index contributed by atoms with van der Waals surface area (Å²) in [6.45, 7) is 6.81. The van der Waals surface area contributed by atoms with Gasteiger partial charge in [-0.25, -0.2) is 0 Å². The zero-order valence-corrected chi connectivity index (χ0v) is 15.9. The fourth-order valence-corrected chi connectivity index (χ4v) is 2.55. The first kappa shape index (κ1) is 19.6. The predicted molar refractivity (Wildman–Crippen MR) is 102 cm³/mol. The maximum atomic E-state index is 12.3. The van der Waals surface area contributed by atoms with Crippen LogP contribution >= 0.6 is 0 Å². The Morgan fingerprint density at radius 2 is 1.77 bits per heavy atom. The highest BCUT2D eigenvalue weighted by Crippen LogP contribution is 2.19. The number of carbonyl (C=O) groups is 1. The molecule has 0 aliphatic heterocycles. The highest BCUT2D eigenvalue weighted by Gasteiger charge is 2.18. The van der Waals surface area contributed by atoms with Crippen molar-refractivity contribution in [3.63, 3.8) is 0 Å². The summed E-state index contributed by atoms with van der Waals surface area (Å²) in [7, 11) is 1.61. The van der Waals surface area contributed by atoms with Gasteiger partial charge in [0.1, 0.15) is 23.9 Å². The molecule has 0 spiro atoms. The van der Waals surface area contributed by atoms with Crippen molar-refractivity contribution in [2.24, 2.45) is 0 Å². The predicted octanol–water partition coefficient (Wildman–Crippen LogP) is 3.66. The van der Waals surface area contributed by atoms with Crippen LogP contribution in [0.3, 0.4) is 0 Å². The molecule has 2 rings (SSSR count). The Kier molecular flexibility index (Phi) is 7.33. The molecule has 0 saturated heterocycles. The molecule has 0 aliphatic rings. The topological polar surface area (TPSA) is 56.8 Å². The van der Waals surface area contributed by atoms with Crippen LogP contribution in [0.4, 0.5) is 0 Å². The van der Waals surface area contributed by atoms with Gasteiger partial charge >= 0.3 is 0 Å². The van der Waals surface area contributed by atoms with E-state index in [-0.39, 0.29) is 5.91 Å². The van der Waals surface area contributed by atoms with Crippen LogP contribution in [-0.4, -0.2) is 32.3 Å². The Balaban J connectivity index is 1.79. The van der Waals surface area contributed by atoms with Crippen molar-refractivity contribution < 1.29 is 19.0 Å². The second kappa shape index (κ2) is 9.70. The minimum absolute atomic E-state index is 0.146. The van der Waals surface area contributed by atoms with Gasteiger partial charge in [-0.2, -0.15) is 0 Å². The molecule has 1 unspecified atom stereocenters. The molecule has 140 valence electrons. The average molecular weight is 357 g/mol. The smallest absolute Gasteiger partial charge is 0.261 e. The lowest BCUT2D eigenvalue weighted by Crippen LogP contribution is -2.39. The van der Waals surface area contributed by atoms with E-state index in [0.29, 0.717) is 25.3 Å².